The Labute approximate surface area is 182 Å². The van der Waals surface area contributed by atoms with Crippen LogP contribution < -0.4 is 10.1 Å². The third-order valence-electron chi connectivity index (χ3n) is 5.02. The average molecular weight is 418 g/mol. The highest BCUT2D eigenvalue weighted by Gasteiger charge is 2.28. The van der Waals surface area contributed by atoms with Crippen LogP contribution in [0.15, 0.2) is 79.1 Å². The molecule has 160 valence electrons. The predicted molar refractivity (Wildman–Crippen MR) is 121 cm³/mol. The Balaban J connectivity index is 1.81. The zero-order valence-corrected chi connectivity index (χ0v) is 17.8. The van der Waals surface area contributed by atoms with Crippen molar-refractivity contribution in [2.45, 2.75) is 32.4 Å². The van der Waals surface area contributed by atoms with Gasteiger partial charge in [0.1, 0.15) is 11.8 Å². The van der Waals surface area contributed by atoms with E-state index in [0.29, 0.717) is 24.4 Å². The first-order valence-electron chi connectivity index (χ1n) is 10.3. The number of hydrogen-bond acceptors (Lipinski definition) is 4. The normalized spacial score (nSPS) is 11.4. The molecule has 0 bridgehead atoms. The molecule has 1 aromatic heterocycles. The molecular formula is C25H27N3O3. The number of nitrogens with zero attached hydrogens (tertiary/aromatic N) is 2. The highest BCUT2D eigenvalue weighted by molar-refractivity contribution is 5.97. The lowest BCUT2D eigenvalue weighted by Crippen LogP contribution is -2.47. The summed E-state index contributed by atoms with van der Waals surface area (Å²) in [7, 11) is 1.59. The summed E-state index contributed by atoms with van der Waals surface area (Å²) in [5, 5.41) is 2.93. The first kappa shape index (κ1) is 22.0. The van der Waals surface area contributed by atoms with Gasteiger partial charge in [0.05, 0.1) is 13.5 Å². The molecule has 31 heavy (non-hydrogen) atoms. The zero-order chi connectivity index (χ0) is 22.1. The molecule has 0 aliphatic rings. The topological polar surface area (TPSA) is 71.5 Å². The van der Waals surface area contributed by atoms with E-state index in [0.717, 1.165) is 11.1 Å². The maximum atomic E-state index is 13.3. The van der Waals surface area contributed by atoms with Gasteiger partial charge in [-0.2, -0.15) is 0 Å². The van der Waals surface area contributed by atoms with Crippen molar-refractivity contribution in [2.24, 2.45) is 0 Å². The van der Waals surface area contributed by atoms with Crippen molar-refractivity contribution in [3.8, 4) is 5.75 Å². The first-order valence-corrected chi connectivity index (χ1v) is 10.3. The lowest BCUT2D eigenvalue weighted by Gasteiger charge is -2.30. The van der Waals surface area contributed by atoms with E-state index in [-0.39, 0.29) is 18.2 Å². The van der Waals surface area contributed by atoms with Crippen LogP contribution in [-0.4, -0.2) is 34.8 Å². The minimum Gasteiger partial charge on any atom is -0.497 e. The number of rotatable bonds is 9. The molecule has 1 unspecified atom stereocenters. The van der Waals surface area contributed by atoms with Gasteiger partial charge < -0.3 is 15.0 Å². The van der Waals surface area contributed by atoms with E-state index in [1.807, 2.05) is 49.4 Å². The molecule has 1 N–H and O–H groups in total. The third-order valence-corrected chi connectivity index (χ3v) is 5.02. The van der Waals surface area contributed by atoms with Gasteiger partial charge in [-0.1, -0.05) is 43.3 Å². The molecule has 0 aliphatic carbocycles. The predicted octanol–water partition coefficient (Wildman–Crippen LogP) is 4.08. The number of amides is 2. The number of hydrogen-bond donors (Lipinski definition) is 1. The van der Waals surface area contributed by atoms with E-state index in [1.54, 1.807) is 48.7 Å². The fourth-order valence-electron chi connectivity index (χ4n) is 3.38. The van der Waals surface area contributed by atoms with E-state index >= 15 is 0 Å². The van der Waals surface area contributed by atoms with Crippen LogP contribution >= 0.6 is 0 Å². The molecular weight excluding hydrogens is 390 g/mol. The zero-order valence-electron chi connectivity index (χ0n) is 17.8. The monoisotopic (exact) mass is 417 g/mol. The summed E-state index contributed by atoms with van der Waals surface area (Å²) in [6.07, 6.45) is 4.13. The van der Waals surface area contributed by atoms with Crippen molar-refractivity contribution in [1.82, 2.24) is 9.88 Å². The summed E-state index contributed by atoms with van der Waals surface area (Å²) in [5.74, 6) is 0.381. The Morgan fingerprint density at radius 2 is 1.71 bits per heavy atom. The molecule has 0 aliphatic heterocycles. The number of pyridine rings is 1. The fraction of sp³-hybridized carbons (Fsp3) is 0.240. The lowest BCUT2D eigenvalue weighted by atomic mass is 10.1. The van der Waals surface area contributed by atoms with Gasteiger partial charge in [0.15, 0.2) is 0 Å². The van der Waals surface area contributed by atoms with Gasteiger partial charge in [-0.3, -0.25) is 14.6 Å². The number of benzene rings is 2. The van der Waals surface area contributed by atoms with Crippen molar-refractivity contribution >= 4 is 17.5 Å². The Hall–Kier alpha value is -3.67. The number of nitrogens with one attached hydrogen (secondary N) is 1. The minimum atomic E-state index is -0.612. The van der Waals surface area contributed by atoms with Crippen LogP contribution in [-0.2, 0) is 22.6 Å². The van der Waals surface area contributed by atoms with Gasteiger partial charge in [0, 0.05) is 24.6 Å². The van der Waals surface area contributed by atoms with Crippen LogP contribution in [0.2, 0.25) is 0 Å². The smallest absolute Gasteiger partial charge is 0.247 e. The molecule has 6 heteroatoms. The van der Waals surface area contributed by atoms with Crippen molar-refractivity contribution in [3.63, 3.8) is 0 Å². The van der Waals surface area contributed by atoms with Gasteiger partial charge in [-0.05, 0) is 47.9 Å². The molecule has 0 saturated heterocycles. The number of carbonyl (C=O) groups excluding carboxylic acids is 2. The van der Waals surface area contributed by atoms with Crippen LogP contribution in [0.4, 0.5) is 5.69 Å². The summed E-state index contributed by atoms with van der Waals surface area (Å²) in [4.78, 5) is 32.2. The Kier molecular flexibility index (Phi) is 7.76. The van der Waals surface area contributed by atoms with E-state index < -0.39 is 6.04 Å². The molecule has 0 radical (unpaired) electrons. The standard InChI is InChI=1S/C25H27N3O3/c1-3-23(25(30)27-21-11-13-22(31-2)14-12-21)28(18-20-10-7-15-26-17-20)24(29)16-19-8-5-4-6-9-19/h4-15,17,23H,3,16,18H2,1-2H3,(H,27,30). The average Bonchev–Trinajstić information content (AvgIpc) is 2.80. The van der Waals surface area contributed by atoms with Gasteiger partial charge in [0.25, 0.3) is 0 Å². The molecule has 2 amide bonds. The first-order chi connectivity index (χ1) is 15.1. The third kappa shape index (κ3) is 6.15. The summed E-state index contributed by atoms with van der Waals surface area (Å²) in [5.41, 5.74) is 2.44. The summed E-state index contributed by atoms with van der Waals surface area (Å²) in [6.45, 7) is 2.22. The number of carbonyl (C=O) groups is 2. The molecule has 3 aromatic rings. The quantitative estimate of drug-likeness (QED) is 0.570. The van der Waals surface area contributed by atoms with Crippen molar-refractivity contribution in [3.05, 3.63) is 90.3 Å². The highest BCUT2D eigenvalue weighted by atomic mass is 16.5. The van der Waals surface area contributed by atoms with Gasteiger partial charge >= 0.3 is 0 Å². The molecule has 0 saturated carbocycles. The van der Waals surface area contributed by atoms with Crippen molar-refractivity contribution in [2.75, 3.05) is 12.4 Å². The van der Waals surface area contributed by atoms with E-state index in [1.165, 1.54) is 0 Å². The van der Waals surface area contributed by atoms with Crippen LogP contribution in [0, 0.1) is 0 Å². The van der Waals surface area contributed by atoms with Crippen LogP contribution in [0.5, 0.6) is 5.75 Å². The summed E-state index contributed by atoms with van der Waals surface area (Å²) in [6, 6.07) is 19.8. The maximum absolute atomic E-state index is 13.3. The van der Waals surface area contributed by atoms with Gasteiger partial charge in [-0.25, -0.2) is 0 Å². The molecule has 6 nitrogen and oxygen atoms in total. The molecule has 1 atom stereocenters. The van der Waals surface area contributed by atoms with E-state index in [9.17, 15) is 9.59 Å². The van der Waals surface area contributed by atoms with Crippen LogP contribution in [0.25, 0.3) is 0 Å². The Morgan fingerprint density at radius 3 is 2.32 bits per heavy atom. The molecule has 3 rings (SSSR count). The minimum absolute atomic E-state index is 0.105. The van der Waals surface area contributed by atoms with Crippen LogP contribution in [0.1, 0.15) is 24.5 Å². The number of aromatic nitrogens is 1. The summed E-state index contributed by atoms with van der Waals surface area (Å²) >= 11 is 0. The fourth-order valence-corrected chi connectivity index (χ4v) is 3.38. The Morgan fingerprint density at radius 1 is 1.00 bits per heavy atom. The number of ether oxygens (including phenoxy) is 1. The largest absolute Gasteiger partial charge is 0.497 e. The van der Waals surface area contributed by atoms with Crippen molar-refractivity contribution in [1.29, 1.82) is 0 Å². The number of anilines is 1. The molecule has 1 heterocycles. The molecule has 0 spiro atoms. The SMILES string of the molecule is CCC(C(=O)Nc1ccc(OC)cc1)N(Cc1cccnc1)C(=O)Cc1ccccc1. The maximum Gasteiger partial charge on any atom is 0.247 e. The van der Waals surface area contributed by atoms with Gasteiger partial charge in [0.2, 0.25) is 11.8 Å². The van der Waals surface area contributed by atoms with Gasteiger partial charge in [-0.15, -0.1) is 0 Å². The second-order valence-electron chi connectivity index (χ2n) is 7.19. The highest BCUT2D eigenvalue weighted by Crippen LogP contribution is 2.18. The Bertz CT molecular complexity index is 976. The van der Waals surface area contributed by atoms with E-state index in [4.69, 9.17) is 4.74 Å². The summed E-state index contributed by atoms with van der Waals surface area (Å²) < 4.78 is 5.16. The lowest BCUT2D eigenvalue weighted by molar-refractivity contribution is -0.139. The second-order valence-corrected chi connectivity index (χ2v) is 7.19. The van der Waals surface area contributed by atoms with Crippen molar-refractivity contribution < 1.29 is 14.3 Å². The molecule has 2 aromatic carbocycles. The number of methoxy groups -OCH3 is 1. The molecule has 0 fully saturated rings. The second kappa shape index (κ2) is 10.9. The van der Waals surface area contributed by atoms with Crippen LogP contribution in [0.3, 0.4) is 0 Å². The van der Waals surface area contributed by atoms with E-state index in [2.05, 4.69) is 10.3 Å².